The zero-order chi connectivity index (χ0) is 22.8. The van der Waals surface area contributed by atoms with Crippen LogP contribution in [0.15, 0.2) is 65.7 Å². The fraction of sp³-hybridized carbons (Fsp3) is 0.167. The van der Waals surface area contributed by atoms with Gasteiger partial charge in [0.25, 0.3) is 11.8 Å². The van der Waals surface area contributed by atoms with Crippen LogP contribution < -0.4 is 15.1 Å². The van der Waals surface area contributed by atoms with Crippen molar-refractivity contribution in [2.45, 2.75) is 13.8 Å². The van der Waals surface area contributed by atoms with Gasteiger partial charge in [0.1, 0.15) is 17.3 Å². The summed E-state index contributed by atoms with van der Waals surface area (Å²) in [6.45, 7) is 5.86. The van der Waals surface area contributed by atoms with Crippen molar-refractivity contribution >= 4 is 45.8 Å². The average Bonchev–Trinajstić information content (AvgIpc) is 3.38. The van der Waals surface area contributed by atoms with Crippen molar-refractivity contribution in [3.63, 3.8) is 0 Å². The Morgan fingerprint density at radius 1 is 0.969 bits per heavy atom. The van der Waals surface area contributed by atoms with Gasteiger partial charge in [0.2, 0.25) is 0 Å². The summed E-state index contributed by atoms with van der Waals surface area (Å²) in [5.74, 6) is -3.13. The second-order valence-corrected chi connectivity index (χ2v) is 8.06. The number of imide groups is 1. The van der Waals surface area contributed by atoms with E-state index in [1.807, 2.05) is 24.3 Å². The minimum Gasteiger partial charge on any atom is -0.372 e. The highest BCUT2D eigenvalue weighted by molar-refractivity contribution is 7.11. The number of carbonyl (C=O) groups is 2. The van der Waals surface area contributed by atoms with Gasteiger partial charge in [-0.05, 0) is 61.7 Å². The SMILES string of the molecule is CCN(CC)c1ccc(NC2=C(c3cccs3)C(=O)N(c3ccc(F)cc3F)C2=O)cc1. The molecule has 4 rings (SSSR count). The van der Waals surface area contributed by atoms with Crippen molar-refractivity contribution in [3.05, 3.63) is 82.2 Å². The Hall–Kier alpha value is -3.52. The lowest BCUT2D eigenvalue weighted by Crippen LogP contribution is -2.33. The maximum atomic E-state index is 14.4. The van der Waals surface area contributed by atoms with E-state index >= 15 is 0 Å². The van der Waals surface area contributed by atoms with Gasteiger partial charge in [0.05, 0.1) is 11.3 Å². The molecule has 0 aliphatic carbocycles. The molecule has 1 aromatic heterocycles. The van der Waals surface area contributed by atoms with Crippen molar-refractivity contribution < 1.29 is 18.4 Å². The molecular formula is C24H21F2N3O2S. The molecule has 2 heterocycles. The van der Waals surface area contributed by atoms with Crippen LogP contribution in [0.4, 0.5) is 25.8 Å². The second kappa shape index (κ2) is 8.92. The van der Waals surface area contributed by atoms with E-state index in [0.29, 0.717) is 16.6 Å². The van der Waals surface area contributed by atoms with Gasteiger partial charge in [-0.2, -0.15) is 0 Å². The molecule has 32 heavy (non-hydrogen) atoms. The summed E-state index contributed by atoms with van der Waals surface area (Å²) >= 11 is 1.30. The molecule has 0 spiro atoms. The van der Waals surface area contributed by atoms with Crippen molar-refractivity contribution in [2.24, 2.45) is 0 Å². The van der Waals surface area contributed by atoms with Gasteiger partial charge in [0.15, 0.2) is 0 Å². The second-order valence-electron chi connectivity index (χ2n) is 7.11. The summed E-state index contributed by atoms with van der Waals surface area (Å²) in [5.41, 5.74) is 1.58. The smallest absolute Gasteiger partial charge is 0.282 e. The number of rotatable bonds is 7. The molecule has 0 saturated carbocycles. The molecule has 3 aromatic rings. The molecule has 1 N–H and O–H groups in total. The summed E-state index contributed by atoms with van der Waals surface area (Å²) in [6, 6.07) is 13.8. The third-order valence-corrected chi connectivity index (χ3v) is 6.15. The summed E-state index contributed by atoms with van der Waals surface area (Å²) in [4.78, 5) is 30.0. The quantitative estimate of drug-likeness (QED) is 0.495. The minimum absolute atomic E-state index is 0.0526. The standard InChI is InChI=1S/C24H21F2N3O2S/c1-3-28(4-2)17-10-8-16(9-11-17)27-22-21(20-6-5-13-32-20)23(30)29(24(22)31)19-12-7-15(25)14-18(19)26/h5-14,27H,3-4H2,1-2H3. The maximum absolute atomic E-state index is 14.4. The molecule has 0 atom stereocenters. The first-order valence-corrected chi connectivity index (χ1v) is 11.1. The van der Waals surface area contributed by atoms with Crippen molar-refractivity contribution in [1.29, 1.82) is 0 Å². The Labute approximate surface area is 188 Å². The van der Waals surface area contributed by atoms with E-state index in [1.54, 1.807) is 17.5 Å². The molecule has 0 saturated heterocycles. The fourth-order valence-corrected chi connectivity index (χ4v) is 4.43. The number of hydrogen-bond acceptors (Lipinski definition) is 5. The number of nitrogens with zero attached hydrogens (tertiary/aromatic N) is 2. The molecular weight excluding hydrogens is 432 g/mol. The van der Waals surface area contributed by atoms with Gasteiger partial charge in [-0.3, -0.25) is 9.59 Å². The van der Waals surface area contributed by atoms with Crippen LogP contribution in [0.2, 0.25) is 0 Å². The number of amides is 2. The number of halogens is 2. The average molecular weight is 454 g/mol. The number of anilines is 3. The fourth-order valence-electron chi connectivity index (χ4n) is 3.67. The van der Waals surface area contributed by atoms with Gasteiger partial charge in [-0.15, -0.1) is 11.3 Å². The summed E-state index contributed by atoms with van der Waals surface area (Å²) in [5, 5.41) is 4.84. The van der Waals surface area contributed by atoms with E-state index in [9.17, 15) is 18.4 Å². The predicted octanol–water partition coefficient (Wildman–Crippen LogP) is 5.27. The molecule has 5 nitrogen and oxygen atoms in total. The van der Waals surface area contributed by atoms with Crippen LogP contribution in [-0.4, -0.2) is 24.9 Å². The lowest BCUT2D eigenvalue weighted by Gasteiger charge is -2.21. The van der Waals surface area contributed by atoms with Crippen molar-refractivity contribution in [1.82, 2.24) is 0 Å². The van der Waals surface area contributed by atoms with Crippen molar-refractivity contribution in [3.8, 4) is 0 Å². The number of thiophene rings is 1. The molecule has 0 radical (unpaired) electrons. The lowest BCUT2D eigenvalue weighted by molar-refractivity contribution is -0.120. The monoisotopic (exact) mass is 453 g/mol. The van der Waals surface area contributed by atoms with Crippen LogP contribution >= 0.6 is 11.3 Å². The van der Waals surface area contributed by atoms with Gasteiger partial charge in [-0.25, -0.2) is 13.7 Å². The third-order valence-electron chi connectivity index (χ3n) is 5.27. The Morgan fingerprint density at radius 3 is 2.28 bits per heavy atom. The molecule has 1 aliphatic heterocycles. The van der Waals surface area contributed by atoms with E-state index < -0.39 is 23.4 Å². The van der Waals surface area contributed by atoms with E-state index in [4.69, 9.17) is 0 Å². The largest absolute Gasteiger partial charge is 0.372 e. The first-order chi connectivity index (χ1) is 15.4. The summed E-state index contributed by atoms with van der Waals surface area (Å²) in [6.07, 6.45) is 0. The van der Waals surface area contributed by atoms with Crippen LogP contribution in [0, 0.1) is 11.6 Å². The highest BCUT2D eigenvalue weighted by Crippen LogP contribution is 2.36. The van der Waals surface area contributed by atoms with Crippen LogP contribution in [0.3, 0.4) is 0 Å². The summed E-state index contributed by atoms with van der Waals surface area (Å²) in [7, 11) is 0. The number of benzene rings is 2. The topological polar surface area (TPSA) is 52.7 Å². The van der Waals surface area contributed by atoms with E-state index in [-0.39, 0.29) is 17.0 Å². The number of carbonyl (C=O) groups excluding carboxylic acids is 2. The highest BCUT2D eigenvalue weighted by atomic mass is 32.1. The third kappa shape index (κ3) is 3.89. The van der Waals surface area contributed by atoms with Gasteiger partial charge < -0.3 is 10.2 Å². The first-order valence-electron chi connectivity index (χ1n) is 10.2. The van der Waals surface area contributed by atoms with Crippen LogP contribution in [-0.2, 0) is 9.59 Å². The Bertz CT molecular complexity index is 1190. The lowest BCUT2D eigenvalue weighted by atomic mass is 10.1. The zero-order valence-corrected chi connectivity index (χ0v) is 18.4. The van der Waals surface area contributed by atoms with Crippen LogP contribution in [0.25, 0.3) is 5.57 Å². The molecule has 8 heteroatoms. The van der Waals surface area contributed by atoms with Crippen LogP contribution in [0.5, 0.6) is 0 Å². The number of hydrogen-bond donors (Lipinski definition) is 1. The normalized spacial score (nSPS) is 13.8. The Balaban J connectivity index is 1.72. The Morgan fingerprint density at radius 2 is 1.69 bits per heavy atom. The van der Waals surface area contributed by atoms with Gasteiger partial charge in [-0.1, -0.05) is 6.07 Å². The zero-order valence-electron chi connectivity index (χ0n) is 17.6. The number of nitrogens with one attached hydrogen (secondary N) is 1. The minimum atomic E-state index is -0.984. The van der Waals surface area contributed by atoms with Gasteiger partial charge in [0, 0.05) is 35.4 Å². The molecule has 164 valence electrons. The summed E-state index contributed by atoms with van der Waals surface area (Å²) < 4.78 is 27.8. The van der Waals surface area contributed by atoms with Crippen molar-refractivity contribution in [2.75, 3.05) is 28.2 Å². The molecule has 0 fully saturated rings. The molecule has 0 bridgehead atoms. The maximum Gasteiger partial charge on any atom is 0.282 e. The predicted molar refractivity (Wildman–Crippen MR) is 124 cm³/mol. The van der Waals surface area contributed by atoms with E-state index in [0.717, 1.165) is 35.8 Å². The van der Waals surface area contributed by atoms with E-state index in [1.165, 1.54) is 11.3 Å². The van der Waals surface area contributed by atoms with Gasteiger partial charge >= 0.3 is 0 Å². The van der Waals surface area contributed by atoms with Crippen LogP contribution in [0.1, 0.15) is 18.7 Å². The first kappa shape index (κ1) is 21.7. The Kier molecular flexibility index (Phi) is 6.05. The molecule has 1 aliphatic rings. The molecule has 0 unspecified atom stereocenters. The molecule has 2 amide bonds. The molecule has 2 aromatic carbocycles. The van der Waals surface area contributed by atoms with E-state index in [2.05, 4.69) is 24.1 Å². The highest BCUT2D eigenvalue weighted by Gasteiger charge is 2.41.